The van der Waals surface area contributed by atoms with E-state index in [0.717, 1.165) is 36.0 Å². The third kappa shape index (κ3) is 2.60. The van der Waals surface area contributed by atoms with Gasteiger partial charge in [0, 0.05) is 0 Å². The van der Waals surface area contributed by atoms with Crippen LogP contribution in [0.3, 0.4) is 0 Å². The summed E-state index contributed by atoms with van der Waals surface area (Å²) in [5.41, 5.74) is 6.26. The average molecular weight is 402 g/mol. The normalized spacial score (nSPS) is 31.8. The molecular weight excluding hydrogens is 374 g/mol. The molecule has 0 radical (unpaired) electrons. The second kappa shape index (κ2) is 6.34. The predicted molar refractivity (Wildman–Crippen MR) is 116 cm³/mol. The highest BCUT2D eigenvalue weighted by Crippen LogP contribution is 2.65. The van der Waals surface area contributed by atoms with Crippen LogP contribution < -0.4 is 10.2 Å². The molecule has 4 fully saturated rings. The highest BCUT2D eigenvalue weighted by Gasteiger charge is 2.61. The summed E-state index contributed by atoms with van der Waals surface area (Å²) in [4.78, 5) is 18.1. The van der Waals surface area contributed by atoms with Crippen molar-refractivity contribution >= 4 is 16.9 Å². The van der Waals surface area contributed by atoms with Crippen molar-refractivity contribution in [1.82, 2.24) is 9.66 Å². The Morgan fingerprint density at radius 3 is 2.53 bits per heavy atom. The average Bonchev–Trinajstić information content (AvgIpc) is 3.16. The first-order chi connectivity index (χ1) is 14.6. The van der Waals surface area contributed by atoms with Gasteiger partial charge in [-0.15, -0.1) is 0 Å². The molecule has 7 rings (SSSR count). The maximum Gasteiger partial charge on any atom is 0.245 e. The van der Waals surface area contributed by atoms with Gasteiger partial charge < -0.3 is 4.74 Å². The number of carbonyl (C=O) groups is 1. The van der Waals surface area contributed by atoms with Crippen LogP contribution in [0.4, 0.5) is 0 Å². The third-order valence-electron chi connectivity index (χ3n) is 7.92. The summed E-state index contributed by atoms with van der Waals surface area (Å²) in [5, 5.41) is 0. The van der Waals surface area contributed by atoms with Gasteiger partial charge in [-0.1, -0.05) is 24.3 Å². The minimum absolute atomic E-state index is 0.116. The zero-order valence-corrected chi connectivity index (χ0v) is 17.3. The molecule has 5 nitrogen and oxygen atoms in total. The van der Waals surface area contributed by atoms with Gasteiger partial charge in [0.1, 0.15) is 12.1 Å². The number of amides is 1. The van der Waals surface area contributed by atoms with Crippen molar-refractivity contribution in [2.75, 3.05) is 12.5 Å². The van der Waals surface area contributed by atoms with Crippen LogP contribution in [-0.4, -0.2) is 22.7 Å². The fraction of sp³-hybridized carbons (Fsp3) is 0.440. The van der Waals surface area contributed by atoms with Gasteiger partial charge in [0.05, 0.1) is 23.6 Å². The van der Waals surface area contributed by atoms with Crippen LogP contribution in [-0.2, 0) is 10.2 Å². The third-order valence-corrected chi connectivity index (χ3v) is 7.92. The number of nitrogens with one attached hydrogen (secondary N) is 1. The lowest BCUT2D eigenvalue weighted by Gasteiger charge is -2.61. The van der Waals surface area contributed by atoms with Crippen molar-refractivity contribution < 1.29 is 9.53 Å². The van der Waals surface area contributed by atoms with E-state index in [0.29, 0.717) is 11.8 Å². The lowest BCUT2D eigenvalue weighted by atomic mass is 9.42. The van der Waals surface area contributed by atoms with Crippen molar-refractivity contribution in [1.29, 1.82) is 0 Å². The molecule has 0 saturated heterocycles. The number of fused-ring (bicyclic) bond motifs is 1. The van der Waals surface area contributed by atoms with E-state index in [1.807, 2.05) is 24.3 Å². The smallest absolute Gasteiger partial charge is 0.245 e. The number of carbonyl (C=O) groups excluding carboxylic acids is 1. The lowest BCUT2D eigenvalue weighted by Crippen LogP contribution is -2.58. The molecule has 1 aromatic heterocycles. The van der Waals surface area contributed by atoms with Crippen LogP contribution in [0.25, 0.3) is 11.0 Å². The fourth-order valence-electron chi connectivity index (χ4n) is 7.09. The first kappa shape index (κ1) is 18.0. The quantitative estimate of drug-likeness (QED) is 0.692. The van der Waals surface area contributed by atoms with E-state index >= 15 is 0 Å². The summed E-state index contributed by atoms with van der Waals surface area (Å²) in [5.74, 6) is 2.33. The van der Waals surface area contributed by atoms with Gasteiger partial charge in [-0.3, -0.25) is 10.2 Å². The van der Waals surface area contributed by atoms with E-state index in [-0.39, 0.29) is 16.7 Å². The Morgan fingerprint density at radius 1 is 1.07 bits per heavy atom. The van der Waals surface area contributed by atoms with Gasteiger partial charge in [0.2, 0.25) is 5.91 Å². The van der Waals surface area contributed by atoms with Gasteiger partial charge in [-0.2, -0.15) is 0 Å². The summed E-state index contributed by atoms with van der Waals surface area (Å²) in [6.07, 6.45) is 8.39. The number of imidazole rings is 1. The number of hydrogen-bond acceptors (Lipinski definition) is 3. The van der Waals surface area contributed by atoms with E-state index in [1.54, 1.807) is 18.1 Å². The number of rotatable bonds is 4. The van der Waals surface area contributed by atoms with Crippen molar-refractivity contribution in [2.45, 2.75) is 43.9 Å². The molecule has 2 atom stereocenters. The SMILES string of the molecule is COc1ccc(C23CC4CC(CC(C(=O)Nn5cnc6ccccc65)(C4)C2)C3)cc1. The van der Waals surface area contributed by atoms with Crippen molar-refractivity contribution in [3.05, 3.63) is 60.4 Å². The Bertz CT molecular complexity index is 1100. The maximum absolute atomic E-state index is 13.7. The molecule has 4 saturated carbocycles. The predicted octanol–water partition coefficient (Wildman–Crippen LogP) is 4.65. The molecule has 1 amide bonds. The molecule has 0 spiro atoms. The molecule has 5 heteroatoms. The van der Waals surface area contributed by atoms with Gasteiger partial charge >= 0.3 is 0 Å². The topological polar surface area (TPSA) is 56.1 Å². The van der Waals surface area contributed by atoms with E-state index in [2.05, 4.69) is 34.7 Å². The maximum atomic E-state index is 13.7. The van der Waals surface area contributed by atoms with E-state index < -0.39 is 0 Å². The Labute approximate surface area is 176 Å². The van der Waals surface area contributed by atoms with Crippen LogP contribution in [0.1, 0.15) is 44.1 Å². The number of hydrogen-bond donors (Lipinski definition) is 1. The van der Waals surface area contributed by atoms with Crippen molar-refractivity contribution in [2.24, 2.45) is 17.3 Å². The molecule has 1 N–H and O–H groups in total. The first-order valence-electron chi connectivity index (χ1n) is 11.0. The minimum Gasteiger partial charge on any atom is -0.497 e. The second-order valence-corrected chi connectivity index (χ2v) is 9.79. The number of para-hydroxylation sites is 2. The van der Waals surface area contributed by atoms with Gasteiger partial charge in [0.25, 0.3) is 0 Å². The first-order valence-corrected chi connectivity index (χ1v) is 11.0. The molecule has 30 heavy (non-hydrogen) atoms. The Balaban J connectivity index is 1.34. The van der Waals surface area contributed by atoms with Crippen LogP contribution in [0.5, 0.6) is 5.75 Å². The molecule has 3 aromatic rings. The number of benzene rings is 2. The summed E-state index contributed by atoms with van der Waals surface area (Å²) in [6, 6.07) is 16.5. The highest BCUT2D eigenvalue weighted by atomic mass is 16.5. The summed E-state index contributed by atoms with van der Waals surface area (Å²) >= 11 is 0. The molecular formula is C25H27N3O2. The lowest BCUT2D eigenvalue weighted by molar-refractivity contribution is -0.144. The summed E-state index contributed by atoms with van der Waals surface area (Å²) in [7, 11) is 1.71. The minimum atomic E-state index is -0.282. The Kier molecular flexibility index (Phi) is 3.80. The fourth-order valence-corrected chi connectivity index (χ4v) is 7.09. The zero-order valence-electron chi connectivity index (χ0n) is 17.3. The van der Waals surface area contributed by atoms with Crippen LogP contribution in [0.15, 0.2) is 54.9 Å². The van der Waals surface area contributed by atoms with Gasteiger partial charge in [-0.25, -0.2) is 9.66 Å². The molecule has 1 heterocycles. The molecule has 4 bridgehead atoms. The summed E-state index contributed by atoms with van der Waals surface area (Å²) in [6.45, 7) is 0. The van der Waals surface area contributed by atoms with Gasteiger partial charge in [0.15, 0.2) is 0 Å². The van der Waals surface area contributed by atoms with Crippen molar-refractivity contribution in [3.63, 3.8) is 0 Å². The highest BCUT2D eigenvalue weighted by molar-refractivity contribution is 5.91. The van der Waals surface area contributed by atoms with Crippen LogP contribution in [0.2, 0.25) is 0 Å². The standard InChI is InChI=1S/C25H27N3O2/c1-30-20-8-6-19(7-9-20)24-11-17-10-18(12-24)14-25(13-17,15-24)23(29)27-28-16-26-21-4-2-3-5-22(21)28/h2-9,16-18H,10-15H2,1H3,(H,27,29). The Hall–Kier alpha value is -2.82. The largest absolute Gasteiger partial charge is 0.497 e. The second-order valence-electron chi connectivity index (χ2n) is 9.79. The number of methoxy groups -OCH3 is 1. The monoisotopic (exact) mass is 401 g/mol. The van der Waals surface area contributed by atoms with E-state index in [4.69, 9.17) is 4.74 Å². The molecule has 2 aromatic carbocycles. The van der Waals surface area contributed by atoms with Crippen LogP contribution in [0, 0.1) is 17.3 Å². The van der Waals surface area contributed by atoms with Gasteiger partial charge in [-0.05, 0) is 85.6 Å². The number of aromatic nitrogens is 2. The van der Waals surface area contributed by atoms with E-state index in [9.17, 15) is 4.79 Å². The Morgan fingerprint density at radius 2 is 1.80 bits per heavy atom. The van der Waals surface area contributed by atoms with Crippen LogP contribution >= 0.6 is 0 Å². The number of nitrogens with zero attached hydrogens (tertiary/aromatic N) is 2. The molecule has 2 unspecified atom stereocenters. The van der Waals surface area contributed by atoms with E-state index in [1.165, 1.54) is 24.8 Å². The molecule has 0 aliphatic heterocycles. The molecule has 4 aliphatic rings. The van der Waals surface area contributed by atoms with Crippen molar-refractivity contribution in [3.8, 4) is 5.75 Å². The zero-order chi connectivity index (χ0) is 20.3. The molecule has 154 valence electrons. The number of ether oxygens (including phenoxy) is 1. The molecule has 4 aliphatic carbocycles. The summed E-state index contributed by atoms with van der Waals surface area (Å²) < 4.78 is 7.17.